The average molecular weight is 332 g/mol. The number of ether oxygens (including phenoxy) is 3. The van der Waals surface area contributed by atoms with Crippen LogP contribution in [-0.4, -0.2) is 41.9 Å². The first-order valence-electron chi connectivity index (χ1n) is 7.14. The number of hydrogen-bond acceptors (Lipinski definition) is 7. The number of hydrogen-bond donors (Lipinski definition) is 3. The van der Waals surface area contributed by atoms with Gasteiger partial charge in [0.1, 0.15) is 12.4 Å². The minimum Gasteiger partial charge on any atom is -0.504 e. The van der Waals surface area contributed by atoms with Gasteiger partial charge < -0.3 is 29.5 Å². The zero-order chi connectivity index (χ0) is 17.4. The van der Waals surface area contributed by atoms with Gasteiger partial charge in [-0.05, 0) is 12.1 Å². The monoisotopic (exact) mass is 332 g/mol. The van der Waals surface area contributed by atoms with Gasteiger partial charge in [0.2, 0.25) is 5.75 Å². The van der Waals surface area contributed by atoms with Gasteiger partial charge in [0, 0.05) is 11.6 Å². The third-order valence-corrected chi connectivity index (χ3v) is 3.99. The topological polar surface area (TPSA) is 105 Å². The van der Waals surface area contributed by atoms with Gasteiger partial charge in [0.25, 0.3) is 0 Å². The largest absolute Gasteiger partial charge is 0.504 e. The number of rotatable bonds is 3. The van der Waals surface area contributed by atoms with Crippen LogP contribution in [-0.2, 0) is 0 Å². The molecule has 0 fully saturated rings. The van der Waals surface area contributed by atoms with Crippen molar-refractivity contribution in [3.8, 4) is 34.5 Å². The van der Waals surface area contributed by atoms with Crippen LogP contribution in [0.4, 0.5) is 0 Å². The molecule has 0 saturated carbocycles. The highest BCUT2D eigenvalue weighted by atomic mass is 16.5. The molecule has 1 unspecified atom stereocenters. The van der Waals surface area contributed by atoms with Crippen molar-refractivity contribution in [2.75, 3.05) is 20.8 Å². The summed E-state index contributed by atoms with van der Waals surface area (Å²) in [6.45, 7) is 0.0121. The quantitative estimate of drug-likeness (QED) is 0.740. The number of ketones is 1. The fraction of sp³-hybridized carbons (Fsp3) is 0.235. The first kappa shape index (κ1) is 15.8. The molecule has 0 radical (unpaired) electrons. The molecule has 3 N–H and O–H groups in total. The number of phenols is 3. The molecule has 1 heterocycles. The lowest BCUT2D eigenvalue weighted by molar-refractivity contribution is 0.0893. The van der Waals surface area contributed by atoms with Crippen LogP contribution >= 0.6 is 0 Å². The normalized spacial score (nSPS) is 16.2. The van der Waals surface area contributed by atoms with E-state index in [1.807, 2.05) is 0 Å². The predicted octanol–water partition coefficient (Wildman–Crippen LogP) is 2.18. The summed E-state index contributed by atoms with van der Waals surface area (Å²) in [4.78, 5) is 12.8. The lowest BCUT2D eigenvalue weighted by Gasteiger charge is -2.26. The van der Waals surface area contributed by atoms with Gasteiger partial charge in [0.05, 0.1) is 25.7 Å². The van der Waals surface area contributed by atoms with Gasteiger partial charge in [-0.15, -0.1) is 0 Å². The van der Waals surface area contributed by atoms with E-state index in [0.717, 1.165) is 6.07 Å². The SMILES string of the molecule is COc1ccc(C2COc3cc(O)c(O)cc3C2=O)c(OC)c1O. The Morgan fingerprint density at radius 2 is 1.79 bits per heavy atom. The first-order valence-corrected chi connectivity index (χ1v) is 7.14. The second-order valence-electron chi connectivity index (χ2n) is 5.30. The van der Waals surface area contributed by atoms with E-state index >= 15 is 0 Å². The Hall–Kier alpha value is -3.09. The Morgan fingerprint density at radius 3 is 2.46 bits per heavy atom. The fourth-order valence-electron chi connectivity index (χ4n) is 2.76. The van der Waals surface area contributed by atoms with Crippen molar-refractivity contribution < 1.29 is 34.3 Å². The second-order valence-corrected chi connectivity index (χ2v) is 5.30. The molecule has 0 bridgehead atoms. The average Bonchev–Trinajstić information content (AvgIpc) is 2.57. The fourth-order valence-corrected chi connectivity index (χ4v) is 2.76. The molecule has 0 spiro atoms. The van der Waals surface area contributed by atoms with Gasteiger partial charge in [-0.2, -0.15) is 0 Å². The Kier molecular flexibility index (Phi) is 3.84. The Labute approximate surface area is 137 Å². The van der Waals surface area contributed by atoms with Gasteiger partial charge in [-0.25, -0.2) is 0 Å². The van der Waals surface area contributed by atoms with Crippen molar-refractivity contribution in [1.82, 2.24) is 0 Å². The van der Waals surface area contributed by atoms with E-state index in [-0.39, 0.29) is 46.7 Å². The molecule has 1 aliphatic rings. The maximum absolute atomic E-state index is 12.8. The lowest BCUT2D eigenvalue weighted by Crippen LogP contribution is -2.26. The summed E-state index contributed by atoms with van der Waals surface area (Å²) in [7, 11) is 2.79. The van der Waals surface area contributed by atoms with Crippen LogP contribution in [0.3, 0.4) is 0 Å². The predicted molar refractivity (Wildman–Crippen MR) is 83.5 cm³/mol. The number of carbonyl (C=O) groups excluding carboxylic acids is 1. The molecule has 3 rings (SSSR count). The zero-order valence-electron chi connectivity index (χ0n) is 13.1. The van der Waals surface area contributed by atoms with Crippen LogP contribution in [0, 0.1) is 0 Å². The van der Waals surface area contributed by atoms with Crippen LogP contribution in [0.1, 0.15) is 21.8 Å². The van der Waals surface area contributed by atoms with Crippen LogP contribution < -0.4 is 14.2 Å². The molecule has 2 aromatic carbocycles. The van der Waals surface area contributed by atoms with E-state index in [4.69, 9.17) is 14.2 Å². The van der Waals surface area contributed by atoms with E-state index in [0.29, 0.717) is 5.56 Å². The number of aromatic hydroxyl groups is 3. The molecular weight excluding hydrogens is 316 g/mol. The van der Waals surface area contributed by atoms with Gasteiger partial charge in [-0.3, -0.25) is 4.79 Å². The second kappa shape index (κ2) is 5.84. The van der Waals surface area contributed by atoms with E-state index in [1.54, 1.807) is 6.07 Å². The van der Waals surface area contributed by atoms with Crippen LogP contribution in [0.25, 0.3) is 0 Å². The summed E-state index contributed by atoms with van der Waals surface area (Å²) in [6, 6.07) is 5.51. The maximum atomic E-state index is 12.8. The summed E-state index contributed by atoms with van der Waals surface area (Å²) in [6.07, 6.45) is 0. The standard InChI is InChI=1S/C17H16O7/c1-22-13-4-3-8(17(23-2)16(13)21)10-7-24-14-6-12(19)11(18)5-9(14)15(10)20/h3-6,10,18-19,21H,7H2,1-2H3. The van der Waals surface area contributed by atoms with Crippen LogP contribution in [0.15, 0.2) is 24.3 Å². The Balaban J connectivity index is 2.07. The molecule has 0 amide bonds. The lowest BCUT2D eigenvalue weighted by atomic mass is 9.88. The number of benzene rings is 2. The van der Waals surface area contributed by atoms with Crippen molar-refractivity contribution in [2.24, 2.45) is 0 Å². The highest BCUT2D eigenvalue weighted by Gasteiger charge is 2.34. The molecule has 7 heteroatoms. The summed E-state index contributed by atoms with van der Waals surface area (Å²) in [5, 5.41) is 29.3. The number of Topliss-reactive ketones (excluding diaryl/α,β-unsaturated/α-hetero) is 1. The molecule has 0 aromatic heterocycles. The summed E-state index contributed by atoms with van der Waals surface area (Å²) in [5.74, 6) is -1.46. The number of fused-ring (bicyclic) bond motifs is 1. The van der Waals surface area contributed by atoms with E-state index in [9.17, 15) is 20.1 Å². The van der Waals surface area contributed by atoms with Crippen molar-refractivity contribution >= 4 is 5.78 Å². The third kappa shape index (κ3) is 2.34. The highest BCUT2D eigenvalue weighted by molar-refractivity contribution is 6.05. The van der Waals surface area contributed by atoms with Crippen molar-refractivity contribution in [1.29, 1.82) is 0 Å². The summed E-state index contributed by atoms with van der Waals surface area (Å²) in [5.41, 5.74) is 0.595. The molecule has 0 saturated heterocycles. The van der Waals surface area contributed by atoms with Crippen LogP contribution in [0.5, 0.6) is 34.5 Å². The van der Waals surface area contributed by atoms with Gasteiger partial charge in [-0.1, -0.05) is 6.07 Å². The third-order valence-electron chi connectivity index (χ3n) is 3.99. The van der Waals surface area contributed by atoms with E-state index < -0.39 is 11.7 Å². The summed E-state index contributed by atoms with van der Waals surface area (Å²) >= 11 is 0. The number of carbonyl (C=O) groups is 1. The van der Waals surface area contributed by atoms with Crippen molar-refractivity contribution in [3.05, 3.63) is 35.4 Å². The first-order chi connectivity index (χ1) is 11.5. The van der Waals surface area contributed by atoms with Gasteiger partial charge >= 0.3 is 0 Å². The number of phenolic OH excluding ortho intramolecular Hbond substituents is 3. The molecule has 24 heavy (non-hydrogen) atoms. The molecule has 1 atom stereocenters. The molecule has 2 aromatic rings. The number of methoxy groups -OCH3 is 2. The Morgan fingerprint density at radius 1 is 1.08 bits per heavy atom. The van der Waals surface area contributed by atoms with Gasteiger partial charge in [0.15, 0.2) is 28.8 Å². The minimum absolute atomic E-state index is 0.0121. The molecule has 126 valence electrons. The van der Waals surface area contributed by atoms with Crippen LogP contribution in [0.2, 0.25) is 0 Å². The highest BCUT2D eigenvalue weighted by Crippen LogP contribution is 2.45. The van der Waals surface area contributed by atoms with Crippen molar-refractivity contribution in [2.45, 2.75) is 5.92 Å². The van der Waals surface area contributed by atoms with E-state index in [1.165, 1.54) is 26.4 Å². The molecule has 7 nitrogen and oxygen atoms in total. The maximum Gasteiger partial charge on any atom is 0.201 e. The van der Waals surface area contributed by atoms with E-state index in [2.05, 4.69) is 0 Å². The zero-order valence-corrected chi connectivity index (χ0v) is 13.1. The summed E-state index contributed by atoms with van der Waals surface area (Å²) < 4.78 is 15.8. The molecular formula is C17H16O7. The minimum atomic E-state index is -0.729. The smallest absolute Gasteiger partial charge is 0.201 e. The molecule has 0 aliphatic carbocycles. The van der Waals surface area contributed by atoms with Crippen molar-refractivity contribution in [3.63, 3.8) is 0 Å². The Bertz CT molecular complexity index is 813. The molecule has 1 aliphatic heterocycles.